The number of nitrogens with zero attached hydrogens (tertiary/aromatic N) is 1. The van der Waals surface area contributed by atoms with Crippen molar-refractivity contribution >= 4 is 16.0 Å². The van der Waals surface area contributed by atoms with E-state index in [1.165, 1.54) is 24.3 Å². The second-order valence-electron chi connectivity index (χ2n) is 3.55. The van der Waals surface area contributed by atoms with Gasteiger partial charge in [0.25, 0.3) is 0 Å². The number of sulfonamides is 1. The van der Waals surface area contributed by atoms with Crippen LogP contribution in [0.1, 0.15) is 23.7 Å². The average Bonchev–Trinajstić information content (AvgIpc) is 2.39. The van der Waals surface area contributed by atoms with Gasteiger partial charge in [-0.3, -0.25) is 0 Å². The van der Waals surface area contributed by atoms with Crippen molar-refractivity contribution in [3.63, 3.8) is 0 Å². The fourth-order valence-electron chi connectivity index (χ4n) is 1.31. The summed E-state index contributed by atoms with van der Waals surface area (Å²) >= 11 is 0. The molecule has 0 heterocycles. The molecule has 0 unspecified atom stereocenters. The lowest BCUT2D eigenvalue weighted by Gasteiger charge is -2.06. The molecular formula is C12H14N2O4S. The summed E-state index contributed by atoms with van der Waals surface area (Å²) in [7, 11) is -3.64. The second-order valence-corrected chi connectivity index (χ2v) is 5.32. The standard InChI is InChI=1S/C12H14N2O4S/c1-2-18-12(15)10-4-6-11(7-5-10)19(16,17)14-9-3-8-13/h4-7,14H,2-3,9H2,1H3. The monoisotopic (exact) mass is 282 g/mol. The molecule has 0 amide bonds. The van der Waals surface area contributed by atoms with Crippen LogP contribution in [-0.4, -0.2) is 27.5 Å². The van der Waals surface area contributed by atoms with Crippen molar-refractivity contribution in [1.29, 1.82) is 5.26 Å². The number of carbonyl (C=O) groups is 1. The quantitative estimate of drug-likeness (QED) is 0.621. The zero-order chi connectivity index (χ0) is 14.3. The summed E-state index contributed by atoms with van der Waals surface area (Å²) in [6.07, 6.45) is 0.0974. The van der Waals surface area contributed by atoms with Gasteiger partial charge in [-0.05, 0) is 31.2 Å². The third kappa shape index (κ3) is 4.35. The highest BCUT2D eigenvalue weighted by atomic mass is 32.2. The van der Waals surface area contributed by atoms with Gasteiger partial charge in [0.2, 0.25) is 10.0 Å². The van der Waals surface area contributed by atoms with Crippen LogP contribution >= 0.6 is 0 Å². The normalized spacial score (nSPS) is 10.7. The minimum Gasteiger partial charge on any atom is -0.462 e. The predicted molar refractivity (Wildman–Crippen MR) is 67.8 cm³/mol. The molecule has 7 heteroatoms. The molecule has 1 N–H and O–H groups in total. The number of nitriles is 1. The van der Waals surface area contributed by atoms with Gasteiger partial charge in [-0.2, -0.15) is 5.26 Å². The van der Waals surface area contributed by atoms with Crippen molar-refractivity contribution in [2.75, 3.05) is 13.2 Å². The van der Waals surface area contributed by atoms with E-state index >= 15 is 0 Å². The van der Waals surface area contributed by atoms with E-state index in [0.29, 0.717) is 0 Å². The summed E-state index contributed by atoms with van der Waals surface area (Å²) in [6, 6.07) is 7.25. The number of carbonyl (C=O) groups excluding carboxylic acids is 1. The molecule has 102 valence electrons. The zero-order valence-corrected chi connectivity index (χ0v) is 11.2. The SMILES string of the molecule is CCOC(=O)c1ccc(S(=O)(=O)NCCC#N)cc1. The van der Waals surface area contributed by atoms with Crippen LogP contribution in [0.25, 0.3) is 0 Å². The third-order valence-electron chi connectivity index (χ3n) is 2.20. The van der Waals surface area contributed by atoms with Crippen LogP contribution in [0, 0.1) is 11.3 Å². The molecule has 19 heavy (non-hydrogen) atoms. The Hall–Kier alpha value is -1.91. The number of nitrogens with one attached hydrogen (secondary N) is 1. The first-order valence-electron chi connectivity index (χ1n) is 5.65. The van der Waals surface area contributed by atoms with Crippen LogP contribution in [0.15, 0.2) is 29.2 Å². The van der Waals surface area contributed by atoms with Gasteiger partial charge >= 0.3 is 5.97 Å². The van der Waals surface area contributed by atoms with E-state index in [2.05, 4.69) is 4.72 Å². The fraction of sp³-hybridized carbons (Fsp3) is 0.333. The van der Waals surface area contributed by atoms with Gasteiger partial charge in [-0.15, -0.1) is 0 Å². The Bertz CT molecular complexity index is 573. The first kappa shape index (κ1) is 15.1. The predicted octanol–water partition coefficient (Wildman–Crippen LogP) is 1.06. The summed E-state index contributed by atoms with van der Waals surface area (Å²) in [4.78, 5) is 11.4. The second kappa shape index (κ2) is 6.87. The molecule has 0 bridgehead atoms. The van der Waals surface area contributed by atoms with Crippen molar-refractivity contribution in [3.8, 4) is 6.07 Å². The lowest BCUT2D eigenvalue weighted by atomic mass is 10.2. The highest BCUT2D eigenvalue weighted by Gasteiger charge is 2.14. The molecule has 0 aliphatic rings. The van der Waals surface area contributed by atoms with Crippen molar-refractivity contribution in [2.45, 2.75) is 18.2 Å². The summed E-state index contributed by atoms with van der Waals surface area (Å²) in [5.74, 6) is -0.496. The number of benzene rings is 1. The largest absolute Gasteiger partial charge is 0.462 e. The molecule has 0 spiro atoms. The Morgan fingerprint density at radius 2 is 2.00 bits per heavy atom. The smallest absolute Gasteiger partial charge is 0.338 e. The van der Waals surface area contributed by atoms with Crippen molar-refractivity contribution in [1.82, 2.24) is 4.72 Å². The first-order chi connectivity index (χ1) is 9.01. The minimum atomic E-state index is -3.64. The third-order valence-corrected chi connectivity index (χ3v) is 3.68. The number of rotatable bonds is 6. The fourth-order valence-corrected chi connectivity index (χ4v) is 2.34. The maximum Gasteiger partial charge on any atom is 0.338 e. The summed E-state index contributed by atoms with van der Waals surface area (Å²) < 4.78 is 30.6. The maximum atomic E-state index is 11.8. The van der Waals surface area contributed by atoms with E-state index in [0.717, 1.165) is 0 Å². The van der Waals surface area contributed by atoms with Gasteiger partial charge in [0.05, 0.1) is 23.1 Å². The molecule has 0 saturated carbocycles. The van der Waals surface area contributed by atoms with E-state index in [-0.39, 0.29) is 30.0 Å². The molecule has 1 aromatic rings. The van der Waals surface area contributed by atoms with Crippen LogP contribution in [0.2, 0.25) is 0 Å². The Labute approximate surface area is 112 Å². The summed E-state index contributed by atoms with van der Waals surface area (Å²) in [5, 5.41) is 8.35. The topological polar surface area (TPSA) is 96.3 Å². The van der Waals surface area contributed by atoms with E-state index in [1.54, 1.807) is 6.92 Å². The summed E-state index contributed by atoms with van der Waals surface area (Å²) in [6.45, 7) is 2.00. The van der Waals surface area contributed by atoms with Crippen LogP contribution in [0.4, 0.5) is 0 Å². The Kier molecular flexibility index (Phi) is 5.48. The molecule has 0 radical (unpaired) electrons. The van der Waals surface area contributed by atoms with Gasteiger partial charge in [0, 0.05) is 13.0 Å². The summed E-state index contributed by atoms with van der Waals surface area (Å²) in [5.41, 5.74) is 0.290. The molecule has 0 saturated heterocycles. The molecule has 0 aromatic heterocycles. The molecule has 1 rings (SSSR count). The van der Waals surface area contributed by atoms with Crippen molar-refractivity contribution < 1.29 is 17.9 Å². The number of ether oxygens (including phenoxy) is 1. The lowest BCUT2D eigenvalue weighted by Crippen LogP contribution is -2.24. The molecule has 0 fully saturated rings. The molecule has 0 atom stereocenters. The van der Waals surface area contributed by atoms with Crippen LogP contribution in [-0.2, 0) is 14.8 Å². The van der Waals surface area contributed by atoms with Crippen molar-refractivity contribution in [2.24, 2.45) is 0 Å². The van der Waals surface area contributed by atoms with Gasteiger partial charge < -0.3 is 4.74 Å². The number of hydrogen-bond acceptors (Lipinski definition) is 5. The molecule has 6 nitrogen and oxygen atoms in total. The van der Waals surface area contributed by atoms with Crippen LogP contribution in [0.3, 0.4) is 0 Å². The highest BCUT2D eigenvalue weighted by Crippen LogP contribution is 2.11. The van der Waals surface area contributed by atoms with Gasteiger partial charge in [-0.1, -0.05) is 0 Å². The van der Waals surface area contributed by atoms with E-state index in [1.807, 2.05) is 6.07 Å². The molecule has 0 aliphatic carbocycles. The van der Waals surface area contributed by atoms with E-state index in [9.17, 15) is 13.2 Å². The Morgan fingerprint density at radius 3 is 2.53 bits per heavy atom. The highest BCUT2D eigenvalue weighted by molar-refractivity contribution is 7.89. The first-order valence-corrected chi connectivity index (χ1v) is 7.13. The van der Waals surface area contributed by atoms with E-state index < -0.39 is 16.0 Å². The van der Waals surface area contributed by atoms with Crippen LogP contribution < -0.4 is 4.72 Å². The molecular weight excluding hydrogens is 268 g/mol. The number of esters is 1. The van der Waals surface area contributed by atoms with Gasteiger partial charge in [0.1, 0.15) is 0 Å². The zero-order valence-electron chi connectivity index (χ0n) is 10.4. The Morgan fingerprint density at radius 1 is 1.37 bits per heavy atom. The van der Waals surface area contributed by atoms with Gasteiger partial charge in [0.15, 0.2) is 0 Å². The Balaban J connectivity index is 2.81. The van der Waals surface area contributed by atoms with Gasteiger partial charge in [-0.25, -0.2) is 17.9 Å². The molecule has 0 aliphatic heterocycles. The lowest BCUT2D eigenvalue weighted by molar-refractivity contribution is 0.0526. The van der Waals surface area contributed by atoms with Crippen molar-refractivity contribution in [3.05, 3.63) is 29.8 Å². The van der Waals surface area contributed by atoms with E-state index in [4.69, 9.17) is 10.00 Å². The number of hydrogen-bond donors (Lipinski definition) is 1. The average molecular weight is 282 g/mol. The van der Waals surface area contributed by atoms with Crippen LogP contribution in [0.5, 0.6) is 0 Å². The molecule has 1 aromatic carbocycles. The minimum absolute atomic E-state index is 0.0403. The maximum absolute atomic E-state index is 11.8.